The largest absolute Gasteiger partial charge is 0.480 e. The second-order valence-corrected chi connectivity index (χ2v) is 7.21. The van der Waals surface area contributed by atoms with Crippen molar-refractivity contribution in [2.75, 3.05) is 31.5 Å². The Bertz CT molecular complexity index is 642. The molecule has 0 aromatic carbocycles. The molecule has 0 saturated carbocycles. The molecule has 26 heavy (non-hydrogen) atoms. The third kappa shape index (κ3) is 5.42. The van der Waals surface area contributed by atoms with Gasteiger partial charge >= 0.3 is 5.97 Å². The van der Waals surface area contributed by atoms with Crippen molar-refractivity contribution < 1.29 is 14.7 Å². The molecule has 1 amide bonds. The van der Waals surface area contributed by atoms with Crippen LogP contribution in [0.4, 0.5) is 5.82 Å². The molecule has 0 radical (unpaired) electrons. The Morgan fingerprint density at radius 2 is 2.12 bits per heavy atom. The van der Waals surface area contributed by atoms with Gasteiger partial charge in [0.15, 0.2) is 0 Å². The average molecular weight is 360 g/mol. The summed E-state index contributed by atoms with van der Waals surface area (Å²) < 4.78 is 0. The number of aromatic nitrogens is 1. The van der Waals surface area contributed by atoms with E-state index < -0.39 is 5.97 Å². The maximum atomic E-state index is 12.1. The molecular formula is C19H28N4O3. The highest BCUT2D eigenvalue weighted by Gasteiger charge is 2.21. The summed E-state index contributed by atoms with van der Waals surface area (Å²) >= 11 is 0. The molecule has 0 aliphatic carbocycles. The van der Waals surface area contributed by atoms with E-state index in [0.29, 0.717) is 6.42 Å². The second kappa shape index (κ2) is 8.98. The van der Waals surface area contributed by atoms with Crippen molar-refractivity contribution in [2.24, 2.45) is 0 Å². The Balaban J connectivity index is 1.35. The van der Waals surface area contributed by atoms with Gasteiger partial charge in [0.25, 0.3) is 0 Å². The molecular weight excluding hydrogens is 332 g/mol. The van der Waals surface area contributed by atoms with Gasteiger partial charge in [0.05, 0.1) is 6.54 Å². The first-order valence-corrected chi connectivity index (χ1v) is 9.56. The number of carboxylic acids is 1. The van der Waals surface area contributed by atoms with Gasteiger partial charge in [-0.1, -0.05) is 6.07 Å². The van der Waals surface area contributed by atoms with E-state index in [2.05, 4.69) is 27.8 Å². The highest BCUT2D eigenvalue weighted by atomic mass is 16.4. The molecule has 1 aromatic rings. The van der Waals surface area contributed by atoms with Gasteiger partial charge in [0, 0.05) is 37.8 Å². The molecule has 3 heterocycles. The number of hydrogen-bond donors (Lipinski definition) is 3. The standard InChI is InChI=1S/C19H28N4O3/c24-17(21-16-8-11-23(12-9-16)13-18(25)26)5-1-4-15-7-6-14-3-2-10-20-19(14)22-15/h6-7,16H,1-5,8-13H2,(H,20,22)(H,21,24)(H,25,26). The van der Waals surface area contributed by atoms with Crippen LogP contribution in [0, 0.1) is 0 Å². The van der Waals surface area contributed by atoms with Gasteiger partial charge in [-0.2, -0.15) is 0 Å². The van der Waals surface area contributed by atoms with Crippen LogP contribution in [-0.2, 0) is 22.4 Å². The van der Waals surface area contributed by atoms with Crippen LogP contribution in [0.3, 0.4) is 0 Å². The Kier molecular flexibility index (Phi) is 6.44. The number of hydrogen-bond acceptors (Lipinski definition) is 5. The van der Waals surface area contributed by atoms with Crippen molar-refractivity contribution in [1.29, 1.82) is 0 Å². The smallest absolute Gasteiger partial charge is 0.317 e. The summed E-state index contributed by atoms with van der Waals surface area (Å²) in [4.78, 5) is 29.4. The fourth-order valence-corrected chi connectivity index (χ4v) is 3.66. The number of fused-ring (bicyclic) bond motifs is 1. The number of rotatable bonds is 7. The van der Waals surface area contributed by atoms with Crippen molar-refractivity contribution in [3.05, 3.63) is 23.4 Å². The van der Waals surface area contributed by atoms with Crippen LogP contribution in [0.5, 0.6) is 0 Å². The Morgan fingerprint density at radius 1 is 1.31 bits per heavy atom. The maximum Gasteiger partial charge on any atom is 0.317 e. The molecule has 0 bridgehead atoms. The number of amides is 1. The van der Waals surface area contributed by atoms with Gasteiger partial charge in [-0.25, -0.2) is 4.98 Å². The number of nitrogens with zero attached hydrogens (tertiary/aromatic N) is 2. The highest BCUT2D eigenvalue weighted by molar-refractivity contribution is 5.76. The Morgan fingerprint density at radius 3 is 2.88 bits per heavy atom. The molecule has 2 aliphatic heterocycles. The lowest BCUT2D eigenvalue weighted by Gasteiger charge is -2.31. The van der Waals surface area contributed by atoms with Crippen molar-refractivity contribution in [2.45, 2.75) is 51.0 Å². The van der Waals surface area contributed by atoms with Crippen LogP contribution in [0.25, 0.3) is 0 Å². The first-order valence-electron chi connectivity index (χ1n) is 9.56. The fourth-order valence-electron chi connectivity index (χ4n) is 3.66. The van der Waals surface area contributed by atoms with E-state index >= 15 is 0 Å². The zero-order valence-electron chi connectivity index (χ0n) is 15.2. The average Bonchev–Trinajstić information content (AvgIpc) is 2.63. The number of likely N-dealkylation sites (tertiary alicyclic amines) is 1. The number of aryl methyl sites for hydroxylation is 2. The molecule has 0 spiro atoms. The fraction of sp³-hybridized carbons (Fsp3) is 0.632. The van der Waals surface area contributed by atoms with E-state index in [1.807, 2.05) is 4.90 Å². The predicted molar refractivity (Wildman–Crippen MR) is 99.2 cm³/mol. The number of aliphatic carboxylic acids is 1. The van der Waals surface area contributed by atoms with Crippen LogP contribution in [-0.4, -0.2) is 59.1 Å². The molecule has 3 rings (SSSR count). The quantitative estimate of drug-likeness (QED) is 0.681. The topological polar surface area (TPSA) is 94.6 Å². The number of piperidine rings is 1. The number of nitrogens with one attached hydrogen (secondary N) is 2. The molecule has 7 nitrogen and oxygen atoms in total. The van der Waals surface area contributed by atoms with Gasteiger partial charge in [-0.15, -0.1) is 0 Å². The third-order valence-corrected chi connectivity index (χ3v) is 5.10. The molecule has 1 aromatic heterocycles. The molecule has 7 heteroatoms. The van der Waals surface area contributed by atoms with Crippen LogP contribution in [0.1, 0.15) is 43.4 Å². The number of carbonyl (C=O) groups is 2. The summed E-state index contributed by atoms with van der Waals surface area (Å²) in [6, 6.07) is 4.38. The SMILES string of the molecule is O=C(O)CN1CCC(NC(=O)CCCc2ccc3c(n2)NCCC3)CC1. The van der Waals surface area contributed by atoms with Crippen LogP contribution in [0.15, 0.2) is 12.1 Å². The molecule has 2 aliphatic rings. The van der Waals surface area contributed by atoms with E-state index in [1.54, 1.807) is 0 Å². The van der Waals surface area contributed by atoms with Crippen molar-refractivity contribution in [3.8, 4) is 0 Å². The predicted octanol–water partition coefficient (Wildman–Crippen LogP) is 1.43. The summed E-state index contributed by atoms with van der Waals surface area (Å²) in [6.45, 7) is 2.52. The van der Waals surface area contributed by atoms with E-state index in [-0.39, 0.29) is 18.5 Å². The lowest BCUT2D eigenvalue weighted by atomic mass is 10.0. The number of anilines is 1. The van der Waals surface area contributed by atoms with Gasteiger partial charge in [-0.05, 0) is 50.2 Å². The lowest BCUT2D eigenvalue weighted by molar-refractivity contribution is -0.138. The third-order valence-electron chi connectivity index (χ3n) is 5.10. The summed E-state index contributed by atoms with van der Waals surface area (Å²) in [5.74, 6) is 0.294. The Labute approximate surface area is 154 Å². The molecule has 3 N–H and O–H groups in total. The summed E-state index contributed by atoms with van der Waals surface area (Å²) in [6.07, 6.45) is 5.97. The summed E-state index contributed by atoms with van der Waals surface area (Å²) in [5, 5.41) is 15.2. The molecule has 0 atom stereocenters. The number of carboxylic acid groups (broad SMARTS) is 1. The molecule has 142 valence electrons. The zero-order valence-corrected chi connectivity index (χ0v) is 15.2. The van der Waals surface area contributed by atoms with E-state index in [4.69, 9.17) is 5.11 Å². The number of carbonyl (C=O) groups excluding carboxylic acids is 1. The maximum absolute atomic E-state index is 12.1. The van der Waals surface area contributed by atoms with Crippen LogP contribution in [0.2, 0.25) is 0 Å². The Hall–Kier alpha value is -2.15. The first kappa shape index (κ1) is 18.6. The van der Waals surface area contributed by atoms with Crippen molar-refractivity contribution >= 4 is 17.7 Å². The van der Waals surface area contributed by atoms with Gasteiger partial charge < -0.3 is 15.7 Å². The van der Waals surface area contributed by atoms with Crippen molar-refractivity contribution in [3.63, 3.8) is 0 Å². The van der Waals surface area contributed by atoms with Gasteiger partial charge in [0.2, 0.25) is 5.91 Å². The molecule has 1 fully saturated rings. The normalized spacial score (nSPS) is 18.0. The second-order valence-electron chi connectivity index (χ2n) is 7.21. The molecule has 0 unspecified atom stereocenters. The highest BCUT2D eigenvalue weighted by Crippen LogP contribution is 2.20. The van der Waals surface area contributed by atoms with Gasteiger partial charge in [-0.3, -0.25) is 14.5 Å². The molecule has 1 saturated heterocycles. The van der Waals surface area contributed by atoms with E-state index in [9.17, 15) is 9.59 Å². The van der Waals surface area contributed by atoms with Crippen LogP contribution >= 0.6 is 0 Å². The first-order chi connectivity index (χ1) is 12.6. The van der Waals surface area contributed by atoms with E-state index in [0.717, 1.165) is 69.7 Å². The van der Waals surface area contributed by atoms with E-state index in [1.165, 1.54) is 5.56 Å². The monoisotopic (exact) mass is 360 g/mol. The summed E-state index contributed by atoms with van der Waals surface area (Å²) in [5.41, 5.74) is 2.32. The lowest BCUT2D eigenvalue weighted by Crippen LogP contribution is -2.45. The minimum absolute atomic E-state index is 0.0813. The van der Waals surface area contributed by atoms with Crippen molar-refractivity contribution in [1.82, 2.24) is 15.2 Å². The summed E-state index contributed by atoms with van der Waals surface area (Å²) in [7, 11) is 0. The number of pyridine rings is 1. The zero-order chi connectivity index (χ0) is 18.4. The minimum atomic E-state index is -0.793. The van der Waals surface area contributed by atoms with Crippen LogP contribution < -0.4 is 10.6 Å². The van der Waals surface area contributed by atoms with Gasteiger partial charge in [0.1, 0.15) is 5.82 Å². The minimum Gasteiger partial charge on any atom is -0.480 e.